The fourth-order valence-electron chi connectivity index (χ4n) is 1.89. The van der Waals surface area contributed by atoms with Gasteiger partial charge in [-0.1, -0.05) is 17.7 Å². The summed E-state index contributed by atoms with van der Waals surface area (Å²) in [4.78, 5) is 1.22. The molecule has 19 heavy (non-hydrogen) atoms. The van der Waals surface area contributed by atoms with E-state index in [0.29, 0.717) is 5.56 Å². The molecule has 1 aromatic heterocycles. The lowest BCUT2D eigenvalue weighted by atomic mass is 10.1. The van der Waals surface area contributed by atoms with Crippen LogP contribution in [-0.2, 0) is 6.42 Å². The molecule has 5 heteroatoms. The van der Waals surface area contributed by atoms with Gasteiger partial charge < -0.3 is 10.4 Å². The van der Waals surface area contributed by atoms with Crippen molar-refractivity contribution in [1.29, 1.82) is 0 Å². The molecule has 0 aliphatic heterocycles. The Morgan fingerprint density at radius 1 is 1.37 bits per heavy atom. The molecule has 1 aromatic carbocycles. The molecule has 0 aliphatic rings. The molecule has 0 fully saturated rings. The average molecular weight is 300 g/mol. The third-order valence-electron chi connectivity index (χ3n) is 2.91. The van der Waals surface area contributed by atoms with Crippen LogP contribution in [0.4, 0.5) is 4.39 Å². The zero-order valence-electron chi connectivity index (χ0n) is 10.5. The van der Waals surface area contributed by atoms with Crippen molar-refractivity contribution in [1.82, 2.24) is 5.32 Å². The Morgan fingerprint density at radius 3 is 2.79 bits per heavy atom. The van der Waals surface area contributed by atoms with E-state index in [1.54, 1.807) is 17.4 Å². The van der Waals surface area contributed by atoms with Crippen molar-refractivity contribution in [3.05, 3.63) is 50.9 Å². The second-order valence-electron chi connectivity index (χ2n) is 4.33. The molecule has 1 atom stereocenters. The van der Waals surface area contributed by atoms with Gasteiger partial charge in [-0.05, 0) is 31.5 Å². The Hall–Kier alpha value is -1.10. The van der Waals surface area contributed by atoms with Crippen LogP contribution >= 0.6 is 22.9 Å². The highest BCUT2D eigenvalue weighted by Gasteiger charge is 2.10. The number of nitrogens with one attached hydrogen (secondary N) is 1. The third-order valence-corrected chi connectivity index (χ3v) is 4.20. The Morgan fingerprint density at radius 2 is 2.16 bits per heavy atom. The molecule has 1 heterocycles. The predicted octanol–water partition coefficient (Wildman–Crippen LogP) is 4.14. The van der Waals surface area contributed by atoms with Crippen LogP contribution in [0.25, 0.3) is 0 Å². The maximum absolute atomic E-state index is 12.9. The molecule has 0 radical (unpaired) electrons. The van der Waals surface area contributed by atoms with Gasteiger partial charge in [-0.3, -0.25) is 0 Å². The van der Waals surface area contributed by atoms with E-state index in [-0.39, 0.29) is 11.8 Å². The topological polar surface area (TPSA) is 32.3 Å². The zero-order valence-corrected chi connectivity index (χ0v) is 12.1. The number of benzene rings is 1. The molecular weight excluding hydrogens is 285 g/mol. The largest absolute Gasteiger partial charge is 0.508 e. The van der Waals surface area contributed by atoms with Crippen molar-refractivity contribution in [2.45, 2.75) is 19.4 Å². The second-order valence-corrected chi connectivity index (χ2v) is 6.13. The van der Waals surface area contributed by atoms with Gasteiger partial charge in [0.25, 0.3) is 0 Å². The van der Waals surface area contributed by atoms with Crippen LogP contribution in [-0.4, -0.2) is 11.7 Å². The van der Waals surface area contributed by atoms with Gasteiger partial charge >= 0.3 is 0 Å². The number of halogens is 2. The number of hydrogen-bond donors (Lipinski definition) is 2. The van der Waals surface area contributed by atoms with Crippen LogP contribution in [0.3, 0.4) is 0 Å². The quantitative estimate of drug-likeness (QED) is 0.869. The van der Waals surface area contributed by atoms with E-state index < -0.39 is 5.82 Å². The van der Waals surface area contributed by atoms with Gasteiger partial charge in [0, 0.05) is 29.1 Å². The molecule has 2 N–H and O–H groups in total. The first-order valence-electron chi connectivity index (χ1n) is 6.02. The predicted molar refractivity (Wildman–Crippen MR) is 77.5 cm³/mol. The van der Waals surface area contributed by atoms with Crippen molar-refractivity contribution in [3.63, 3.8) is 0 Å². The number of hydrogen-bond acceptors (Lipinski definition) is 3. The van der Waals surface area contributed by atoms with Gasteiger partial charge in [0.1, 0.15) is 11.6 Å². The number of phenols is 1. The summed E-state index contributed by atoms with van der Waals surface area (Å²) >= 11 is 7.43. The first-order valence-corrected chi connectivity index (χ1v) is 7.21. The number of aromatic hydroxyl groups is 1. The minimum Gasteiger partial charge on any atom is -0.508 e. The summed E-state index contributed by atoms with van der Waals surface area (Å²) in [6.07, 6.45) is 0.879. The highest BCUT2D eigenvalue weighted by molar-refractivity contribution is 7.16. The molecular formula is C14H15ClFNOS. The van der Waals surface area contributed by atoms with Gasteiger partial charge in [0.15, 0.2) is 0 Å². The lowest BCUT2D eigenvalue weighted by Crippen LogP contribution is -2.21. The summed E-state index contributed by atoms with van der Waals surface area (Å²) in [5.41, 5.74) is 0.700. The molecule has 1 unspecified atom stereocenters. The summed E-state index contributed by atoms with van der Waals surface area (Å²) in [5.74, 6) is -0.444. The molecule has 2 rings (SSSR count). The molecule has 0 saturated heterocycles. The SMILES string of the molecule is CC(NCCc1ccc(Cl)s1)c1ccc(F)cc1O. The highest BCUT2D eigenvalue weighted by Crippen LogP contribution is 2.25. The Labute approximate surface area is 120 Å². The van der Waals surface area contributed by atoms with Crippen molar-refractivity contribution < 1.29 is 9.50 Å². The fourth-order valence-corrected chi connectivity index (χ4v) is 2.98. The van der Waals surface area contributed by atoms with E-state index in [1.807, 2.05) is 19.1 Å². The summed E-state index contributed by atoms with van der Waals surface area (Å²) in [6, 6.07) is 7.95. The fraction of sp³-hybridized carbons (Fsp3) is 0.286. The molecule has 0 saturated carbocycles. The van der Waals surface area contributed by atoms with E-state index in [2.05, 4.69) is 5.32 Å². The number of phenolic OH excluding ortho intramolecular Hbond substituents is 1. The lowest BCUT2D eigenvalue weighted by Gasteiger charge is -2.15. The van der Waals surface area contributed by atoms with E-state index in [4.69, 9.17) is 11.6 Å². The summed E-state index contributed by atoms with van der Waals surface area (Å²) < 4.78 is 13.7. The van der Waals surface area contributed by atoms with E-state index in [0.717, 1.165) is 23.4 Å². The number of rotatable bonds is 5. The second kappa shape index (κ2) is 6.37. The maximum atomic E-state index is 12.9. The van der Waals surface area contributed by atoms with Crippen LogP contribution in [0.1, 0.15) is 23.4 Å². The zero-order chi connectivity index (χ0) is 13.8. The summed E-state index contributed by atoms with van der Waals surface area (Å²) in [5, 5.41) is 13.0. The minimum atomic E-state index is -0.429. The highest BCUT2D eigenvalue weighted by atomic mass is 35.5. The molecule has 2 aromatic rings. The smallest absolute Gasteiger partial charge is 0.126 e. The molecule has 0 bridgehead atoms. The normalized spacial score (nSPS) is 12.6. The minimum absolute atomic E-state index is 0.0147. The van der Waals surface area contributed by atoms with Crippen molar-refractivity contribution >= 4 is 22.9 Å². The van der Waals surface area contributed by atoms with Crippen LogP contribution in [0.5, 0.6) is 5.75 Å². The summed E-state index contributed by atoms with van der Waals surface area (Å²) in [7, 11) is 0. The lowest BCUT2D eigenvalue weighted by molar-refractivity contribution is 0.447. The van der Waals surface area contributed by atoms with Crippen LogP contribution in [0.15, 0.2) is 30.3 Å². The summed E-state index contributed by atoms with van der Waals surface area (Å²) in [6.45, 7) is 2.71. The van der Waals surface area contributed by atoms with Crippen molar-refractivity contribution in [2.24, 2.45) is 0 Å². The van der Waals surface area contributed by atoms with Crippen LogP contribution in [0.2, 0.25) is 4.34 Å². The molecule has 102 valence electrons. The molecule has 2 nitrogen and oxygen atoms in total. The Bertz CT molecular complexity index is 558. The third kappa shape index (κ3) is 3.93. The van der Waals surface area contributed by atoms with Gasteiger partial charge in [0.05, 0.1) is 4.34 Å². The van der Waals surface area contributed by atoms with Gasteiger partial charge in [-0.15, -0.1) is 11.3 Å². The molecule has 0 amide bonds. The first kappa shape index (κ1) is 14.3. The Kier molecular flexibility index (Phi) is 4.80. The standard InChI is InChI=1S/C14H15ClFNOS/c1-9(12-4-2-10(16)8-13(12)18)17-7-6-11-3-5-14(15)19-11/h2-5,8-9,17-18H,6-7H2,1H3. The van der Waals surface area contributed by atoms with Crippen molar-refractivity contribution in [3.8, 4) is 5.75 Å². The van der Waals surface area contributed by atoms with Crippen LogP contribution in [0, 0.1) is 5.82 Å². The Balaban J connectivity index is 1.88. The monoisotopic (exact) mass is 299 g/mol. The van der Waals surface area contributed by atoms with Crippen LogP contribution < -0.4 is 5.32 Å². The molecule has 0 aliphatic carbocycles. The maximum Gasteiger partial charge on any atom is 0.126 e. The average Bonchev–Trinajstić information content (AvgIpc) is 2.75. The first-order chi connectivity index (χ1) is 9.06. The van der Waals surface area contributed by atoms with Gasteiger partial charge in [-0.25, -0.2) is 4.39 Å². The van der Waals surface area contributed by atoms with Gasteiger partial charge in [0.2, 0.25) is 0 Å². The number of thiophene rings is 1. The van der Waals surface area contributed by atoms with Crippen molar-refractivity contribution in [2.75, 3.05) is 6.54 Å². The van der Waals surface area contributed by atoms with E-state index in [9.17, 15) is 9.50 Å². The van der Waals surface area contributed by atoms with E-state index in [1.165, 1.54) is 10.9 Å². The molecule has 0 spiro atoms. The van der Waals surface area contributed by atoms with E-state index >= 15 is 0 Å². The van der Waals surface area contributed by atoms with Gasteiger partial charge in [-0.2, -0.15) is 0 Å².